The average molecular weight is 456 g/mol. The minimum absolute atomic E-state index is 0.156. The Morgan fingerprint density at radius 1 is 1.41 bits per heavy atom. The van der Waals surface area contributed by atoms with Gasteiger partial charge in [0.25, 0.3) is 0 Å². The number of esters is 1. The molecule has 0 radical (unpaired) electrons. The van der Waals surface area contributed by atoms with Crippen LogP contribution in [-0.2, 0) is 16.0 Å². The van der Waals surface area contributed by atoms with Crippen molar-refractivity contribution >= 4 is 44.6 Å². The molecule has 0 amide bonds. The van der Waals surface area contributed by atoms with Gasteiger partial charge in [-0.05, 0) is 37.1 Å². The predicted molar refractivity (Wildman–Crippen MR) is 111 cm³/mol. The zero-order valence-corrected chi connectivity index (χ0v) is 17.6. The molecule has 0 spiro atoms. The summed E-state index contributed by atoms with van der Waals surface area (Å²) in [5, 5.41) is 7.47. The molecule has 1 aromatic carbocycles. The van der Waals surface area contributed by atoms with Crippen molar-refractivity contribution in [2.45, 2.75) is 19.8 Å². The number of hydrogen-bond acceptors (Lipinski definition) is 8. The largest absolute Gasteiger partial charge is 0.493 e. The van der Waals surface area contributed by atoms with Crippen LogP contribution in [0.15, 0.2) is 28.7 Å². The topological polar surface area (TPSA) is 82.0 Å². The van der Waals surface area contributed by atoms with Gasteiger partial charge in [0.15, 0.2) is 11.5 Å². The van der Waals surface area contributed by atoms with Gasteiger partial charge < -0.3 is 14.2 Å². The van der Waals surface area contributed by atoms with Crippen LogP contribution in [0.4, 0.5) is 5.13 Å². The van der Waals surface area contributed by atoms with E-state index < -0.39 is 0 Å². The summed E-state index contributed by atoms with van der Waals surface area (Å²) in [5.41, 5.74) is 4.37. The molecule has 27 heavy (non-hydrogen) atoms. The van der Waals surface area contributed by atoms with Crippen LogP contribution in [0.1, 0.15) is 24.6 Å². The molecule has 2 aromatic rings. The number of nitrogens with one attached hydrogen (secondary N) is 1. The Hall–Kier alpha value is -2.13. The maximum absolute atomic E-state index is 11.5. The standard InChI is InChI=1S/C18H22BrN3O4S/c1-3-25-17(23)10-14-12-27-18(21-14)22-20-11-13-5-6-15(16(9-13)24-2)26-8-4-7-19/h5-6,9,11-12H,3-4,7-8,10H2,1-2H3,(H,21,22). The lowest BCUT2D eigenvalue weighted by molar-refractivity contribution is -0.142. The van der Waals surface area contributed by atoms with Crippen molar-refractivity contribution in [2.24, 2.45) is 5.10 Å². The van der Waals surface area contributed by atoms with E-state index in [1.54, 1.807) is 25.6 Å². The first kappa shape index (κ1) is 21.2. The minimum Gasteiger partial charge on any atom is -0.493 e. The summed E-state index contributed by atoms with van der Waals surface area (Å²) < 4.78 is 16.0. The minimum atomic E-state index is -0.289. The smallest absolute Gasteiger partial charge is 0.311 e. The van der Waals surface area contributed by atoms with Gasteiger partial charge in [-0.1, -0.05) is 15.9 Å². The molecular formula is C18H22BrN3O4S. The summed E-state index contributed by atoms with van der Waals surface area (Å²) in [4.78, 5) is 15.8. The third-order valence-corrected chi connectivity index (χ3v) is 4.64. The Morgan fingerprint density at radius 2 is 2.26 bits per heavy atom. The molecule has 146 valence electrons. The predicted octanol–water partition coefficient (Wildman–Crippen LogP) is 3.87. The third-order valence-electron chi connectivity index (χ3n) is 3.28. The van der Waals surface area contributed by atoms with Crippen LogP contribution in [-0.4, -0.2) is 42.8 Å². The van der Waals surface area contributed by atoms with Crippen molar-refractivity contribution in [3.8, 4) is 11.5 Å². The summed E-state index contributed by atoms with van der Waals surface area (Å²) >= 11 is 4.75. The summed E-state index contributed by atoms with van der Waals surface area (Å²) in [6, 6.07) is 5.60. The molecule has 1 heterocycles. The van der Waals surface area contributed by atoms with E-state index >= 15 is 0 Å². The third kappa shape index (κ3) is 7.18. The van der Waals surface area contributed by atoms with Gasteiger partial charge in [-0.15, -0.1) is 11.3 Å². The number of hydrazone groups is 1. The number of thiazole rings is 1. The molecule has 1 N–H and O–H groups in total. The Bertz CT molecular complexity index is 767. The number of alkyl halides is 1. The number of hydrogen-bond donors (Lipinski definition) is 1. The van der Waals surface area contributed by atoms with Gasteiger partial charge in [0.05, 0.1) is 38.7 Å². The van der Waals surface area contributed by atoms with Gasteiger partial charge >= 0.3 is 5.97 Å². The number of carbonyl (C=O) groups excluding carboxylic acids is 1. The first-order valence-electron chi connectivity index (χ1n) is 8.42. The number of halogens is 1. The van der Waals surface area contributed by atoms with Crippen molar-refractivity contribution in [3.63, 3.8) is 0 Å². The van der Waals surface area contributed by atoms with Crippen molar-refractivity contribution in [3.05, 3.63) is 34.8 Å². The number of anilines is 1. The Balaban J connectivity index is 1.92. The van der Waals surface area contributed by atoms with Gasteiger partial charge in [-0.25, -0.2) is 4.98 Å². The highest BCUT2D eigenvalue weighted by molar-refractivity contribution is 9.09. The number of methoxy groups -OCH3 is 1. The molecule has 0 saturated heterocycles. The molecule has 0 aliphatic rings. The molecule has 1 aromatic heterocycles. The highest BCUT2D eigenvalue weighted by Gasteiger charge is 2.08. The van der Waals surface area contributed by atoms with Crippen LogP contribution < -0.4 is 14.9 Å². The van der Waals surface area contributed by atoms with E-state index in [2.05, 4.69) is 31.4 Å². The number of benzene rings is 1. The zero-order valence-electron chi connectivity index (χ0n) is 15.2. The van der Waals surface area contributed by atoms with Gasteiger partial charge in [-0.2, -0.15) is 5.10 Å². The second-order valence-electron chi connectivity index (χ2n) is 5.30. The van der Waals surface area contributed by atoms with E-state index in [1.165, 1.54) is 11.3 Å². The Labute approximate surface area is 170 Å². The maximum Gasteiger partial charge on any atom is 0.311 e. The van der Waals surface area contributed by atoms with E-state index in [1.807, 2.05) is 18.2 Å². The van der Waals surface area contributed by atoms with E-state index in [0.717, 1.165) is 17.3 Å². The van der Waals surface area contributed by atoms with E-state index in [9.17, 15) is 4.79 Å². The van der Waals surface area contributed by atoms with Crippen molar-refractivity contribution in [1.82, 2.24) is 4.98 Å². The molecule has 0 atom stereocenters. The van der Waals surface area contributed by atoms with Crippen LogP contribution in [0, 0.1) is 0 Å². The molecule has 0 bridgehead atoms. The lowest BCUT2D eigenvalue weighted by atomic mass is 10.2. The van der Waals surface area contributed by atoms with Crippen molar-refractivity contribution < 1.29 is 19.0 Å². The highest BCUT2D eigenvalue weighted by atomic mass is 79.9. The Morgan fingerprint density at radius 3 is 3.00 bits per heavy atom. The molecule has 0 unspecified atom stereocenters. The van der Waals surface area contributed by atoms with E-state index in [-0.39, 0.29) is 12.4 Å². The number of carbonyl (C=O) groups is 1. The molecule has 0 fully saturated rings. The SMILES string of the molecule is CCOC(=O)Cc1csc(NN=Cc2ccc(OCCCBr)c(OC)c2)n1. The number of rotatable bonds is 11. The number of aromatic nitrogens is 1. The zero-order chi connectivity index (χ0) is 19.5. The van der Waals surface area contributed by atoms with Crippen LogP contribution in [0.2, 0.25) is 0 Å². The second kappa shape index (κ2) is 11.6. The van der Waals surface area contributed by atoms with E-state index in [0.29, 0.717) is 35.5 Å². The first-order valence-corrected chi connectivity index (χ1v) is 10.4. The molecular weight excluding hydrogens is 434 g/mol. The average Bonchev–Trinajstić information content (AvgIpc) is 3.10. The normalized spacial score (nSPS) is 10.8. The monoisotopic (exact) mass is 455 g/mol. The molecule has 2 rings (SSSR count). The number of ether oxygens (including phenoxy) is 3. The summed E-state index contributed by atoms with van der Waals surface area (Å²) in [7, 11) is 1.60. The van der Waals surface area contributed by atoms with Crippen LogP contribution in [0.25, 0.3) is 0 Å². The Kier molecular flexibility index (Phi) is 9.06. The summed E-state index contributed by atoms with van der Waals surface area (Å²) in [6.07, 6.45) is 2.74. The molecule has 7 nitrogen and oxygen atoms in total. The van der Waals surface area contributed by atoms with Gasteiger partial charge in [0, 0.05) is 10.7 Å². The fraction of sp³-hybridized carbons (Fsp3) is 0.389. The summed E-state index contributed by atoms with van der Waals surface area (Å²) in [6.45, 7) is 2.76. The van der Waals surface area contributed by atoms with Gasteiger partial charge in [0.2, 0.25) is 5.13 Å². The van der Waals surface area contributed by atoms with Crippen LogP contribution >= 0.6 is 27.3 Å². The fourth-order valence-corrected chi connectivity index (χ4v) is 2.97. The first-order chi connectivity index (χ1) is 13.2. The van der Waals surface area contributed by atoms with Crippen molar-refractivity contribution in [2.75, 3.05) is 31.1 Å². The second-order valence-corrected chi connectivity index (χ2v) is 6.95. The molecule has 0 aliphatic heterocycles. The van der Waals surface area contributed by atoms with Crippen LogP contribution in [0.3, 0.4) is 0 Å². The highest BCUT2D eigenvalue weighted by Crippen LogP contribution is 2.27. The fourth-order valence-electron chi connectivity index (χ4n) is 2.08. The van der Waals surface area contributed by atoms with E-state index in [4.69, 9.17) is 14.2 Å². The van der Waals surface area contributed by atoms with Gasteiger partial charge in [-0.3, -0.25) is 10.2 Å². The molecule has 9 heteroatoms. The lowest BCUT2D eigenvalue weighted by Crippen LogP contribution is -2.07. The molecule has 0 saturated carbocycles. The maximum atomic E-state index is 11.5. The van der Waals surface area contributed by atoms with Crippen molar-refractivity contribution in [1.29, 1.82) is 0 Å². The van der Waals surface area contributed by atoms with Crippen LogP contribution in [0.5, 0.6) is 11.5 Å². The quantitative estimate of drug-likeness (QED) is 0.182. The lowest BCUT2D eigenvalue weighted by Gasteiger charge is -2.10. The molecule has 0 aliphatic carbocycles. The van der Waals surface area contributed by atoms with Gasteiger partial charge in [0.1, 0.15) is 0 Å². The number of nitrogens with zero attached hydrogens (tertiary/aromatic N) is 2. The summed E-state index contributed by atoms with van der Waals surface area (Å²) in [5.74, 6) is 1.06.